The molecule has 2 heteroatoms. The molecule has 0 spiro atoms. The van der Waals surface area contributed by atoms with Crippen molar-refractivity contribution in [1.82, 2.24) is 4.57 Å². The molecule has 1 aromatic carbocycles. The average Bonchev–Trinajstić information content (AvgIpc) is 2.76. The Hall–Kier alpha value is -1.83. The predicted octanol–water partition coefficient (Wildman–Crippen LogP) is 2.96. The summed E-state index contributed by atoms with van der Waals surface area (Å²) in [6.07, 6.45) is 3.76. The molecule has 2 aliphatic rings. The third kappa shape index (κ3) is 1.32. The van der Waals surface area contributed by atoms with Crippen molar-refractivity contribution < 1.29 is 4.79 Å². The minimum atomic E-state index is 0.335. The van der Waals surface area contributed by atoms with Gasteiger partial charge in [0.1, 0.15) is 0 Å². The molecule has 0 saturated heterocycles. The number of benzene rings is 1. The molecule has 1 aliphatic heterocycles. The minimum Gasteiger partial charge on any atom is -0.343 e. The molecular formula is C16H15NO. The van der Waals surface area contributed by atoms with Gasteiger partial charge in [-0.25, -0.2) is 0 Å². The predicted molar refractivity (Wildman–Crippen MR) is 70.1 cm³/mol. The number of Topliss-reactive ketones (excluding diaryl/α,β-unsaturated/α-hetero) is 1. The van der Waals surface area contributed by atoms with Crippen molar-refractivity contribution in [2.45, 2.75) is 32.2 Å². The summed E-state index contributed by atoms with van der Waals surface area (Å²) in [6.45, 7) is 0.939. The second-order valence-corrected chi connectivity index (χ2v) is 5.30. The number of carbonyl (C=O) groups is 1. The molecule has 2 heterocycles. The summed E-state index contributed by atoms with van der Waals surface area (Å²) in [6, 6.07) is 10.7. The van der Waals surface area contributed by atoms with Crippen LogP contribution in [0.3, 0.4) is 0 Å². The van der Waals surface area contributed by atoms with Gasteiger partial charge in [0.15, 0.2) is 5.78 Å². The normalized spacial score (nSPS) is 17.0. The van der Waals surface area contributed by atoms with Gasteiger partial charge in [-0.1, -0.05) is 24.3 Å². The summed E-state index contributed by atoms with van der Waals surface area (Å²) in [7, 11) is 0. The van der Waals surface area contributed by atoms with E-state index in [2.05, 4.69) is 34.9 Å². The SMILES string of the molecule is O=C1CCCc2c1cc1n2Cc2ccccc2C1. The van der Waals surface area contributed by atoms with E-state index in [1.165, 1.54) is 22.5 Å². The lowest BCUT2D eigenvalue weighted by atomic mass is 9.97. The third-order valence-corrected chi connectivity index (χ3v) is 4.23. The molecule has 1 aliphatic carbocycles. The molecule has 0 N–H and O–H groups in total. The van der Waals surface area contributed by atoms with Gasteiger partial charge >= 0.3 is 0 Å². The van der Waals surface area contributed by atoms with E-state index in [1.807, 2.05) is 0 Å². The minimum absolute atomic E-state index is 0.335. The van der Waals surface area contributed by atoms with Gasteiger partial charge in [-0.05, 0) is 30.0 Å². The van der Waals surface area contributed by atoms with E-state index in [-0.39, 0.29) is 0 Å². The third-order valence-electron chi connectivity index (χ3n) is 4.23. The summed E-state index contributed by atoms with van der Waals surface area (Å²) < 4.78 is 2.37. The van der Waals surface area contributed by atoms with Gasteiger partial charge < -0.3 is 4.57 Å². The van der Waals surface area contributed by atoms with E-state index in [4.69, 9.17) is 0 Å². The van der Waals surface area contributed by atoms with Crippen molar-refractivity contribution in [2.24, 2.45) is 0 Å². The Balaban J connectivity index is 1.87. The molecule has 0 atom stereocenters. The van der Waals surface area contributed by atoms with Crippen molar-refractivity contribution in [3.63, 3.8) is 0 Å². The van der Waals surface area contributed by atoms with Crippen LogP contribution in [0.15, 0.2) is 30.3 Å². The van der Waals surface area contributed by atoms with Crippen LogP contribution in [0.5, 0.6) is 0 Å². The lowest BCUT2D eigenvalue weighted by Gasteiger charge is -2.22. The van der Waals surface area contributed by atoms with E-state index < -0.39 is 0 Å². The fourth-order valence-electron chi connectivity index (χ4n) is 3.30. The molecule has 0 radical (unpaired) electrons. The fraction of sp³-hybridized carbons (Fsp3) is 0.312. The van der Waals surface area contributed by atoms with Gasteiger partial charge in [0.25, 0.3) is 0 Å². The standard InChI is InChI=1S/C16H15NO/c18-16-7-3-6-15-14(16)9-13-8-11-4-1-2-5-12(11)10-17(13)15/h1-2,4-5,9H,3,6-8,10H2. The van der Waals surface area contributed by atoms with Gasteiger partial charge in [-0.15, -0.1) is 0 Å². The van der Waals surface area contributed by atoms with Crippen LogP contribution >= 0.6 is 0 Å². The van der Waals surface area contributed by atoms with Crippen LogP contribution in [0.2, 0.25) is 0 Å². The second-order valence-electron chi connectivity index (χ2n) is 5.30. The van der Waals surface area contributed by atoms with Crippen LogP contribution in [-0.2, 0) is 19.4 Å². The maximum atomic E-state index is 12.0. The Labute approximate surface area is 106 Å². The Morgan fingerprint density at radius 3 is 2.78 bits per heavy atom. The summed E-state index contributed by atoms with van der Waals surface area (Å²) in [5, 5.41) is 0. The number of ketones is 1. The highest BCUT2D eigenvalue weighted by Crippen LogP contribution is 2.31. The maximum Gasteiger partial charge on any atom is 0.164 e. The molecule has 2 nitrogen and oxygen atoms in total. The van der Waals surface area contributed by atoms with Crippen molar-refractivity contribution in [1.29, 1.82) is 0 Å². The first-order valence-corrected chi connectivity index (χ1v) is 6.64. The number of aromatic nitrogens is 1. The second kappa shape index (κ2) is 3.58. The van der Waals surface area contributed by atoms with Crippen LogP contribution < -0.4 is 0 Å². The first-order valence-electron chi connectivity index (χ1n) is 6.64. The van der Waals surface area contributed by atoms with Gasteiger partial charge in [0, 0.05) is 36.3 Å². The van der Waals surface area contributed by atoms with E-state index in [0.29, 0.717) is 5.78 Å². The molecule has 0 saturated carbocycles. The fourth-order valence-corrected chi connectivity index (χ4v) is 3.30. The number of rotatable bonds is 0. The van der Waals surface area contributed by atoms with Crippen LogP contribution in [0.25, 0.3) is 0 Å². The number of hydrogen-bond donors (Lipinski definition) is 0. The quantitative estimate of drug-likeness (QED) is 0.589. The average molecular weight is 237 g/mol. The smallest absolute Gasteiger partial charge is 0.164 e. The number of carbonyl (C=O) groups excluding carboxylic acids is 1. The van der Waals surface area contributed by atoms with Gasteiger partial charge in [0.2, 0.25) is 0 Å². The zero-order valence-corrected chi connectivity index (χ0v) is 10.3. The van der Waals surface area contributed by atoms with E-state index >= 15 is 0 Å². The van der Waals surface area contributed by atoms with E-state index in [0.717, 1.165) is 37.8 Å². The van der Waals surface area contributed by atoms with Crippen LogP contribution in [-0.4, -0.2) is 10.4 Å². The summed E-state index contributed by atoms with van der Waals surface area (Å²) >= 11 is 0. The Kier molecular flexibility index (Phi) is 2.01. The number of fused-ring (bicyclic) bond motifs is 4. The van der Waals surface area contributed by atoms with Gasteiger partial charge in [-0.2, -0.15) is 0 Å². The Morgan fingerprint density at radius 1 is 1.06 bits per heavy atom. The van der Waals surface area contributed by atoms with E-state index in [1.54, 1.807) is 0 Å². The van der Waals surface area contributed by atoms with Crippen molar-refractivity contribution >= 4 is 5.78 Å². The summed E-state index contributed by atoms with van der Waals surface area (Å²) in [5.41, 5.74) is 6.39. The Morgan fingerprint density at radius 2 is 1.89 bits per heavy atom. The van der Waals surface area contributed by atoms with Crippen molar-refractivity contribution in [3.8, 4) is 0 Å². The van der Waals surface area contributed by atoms with Crippen molar-refractivity contribution in [2.75, 3.05) is 0 Å². The van der Waals surface area contributed by atoms with Crippen molar-refractivity contribution in [3.05, 3.63) is 58.4 Å². The molecule has 18 heavy (non-hydrogen) atoms. The molecular weight excluding hydrogens is 222 g/mol. The van der Waals surface area contributed by atoms with Crippen LogP contribution in [0.4, 0.5) is 0 Å². The maximum absolute atomic E-state index is 12.0. The molecule has 0 amide bonds. The molecule has 0 fully saturated rings. The highest BCUT2D eigenvalue weighted by Gasteiger charge is 2.26. The Bertz CT molecular complexity index is 651. The molecule has 0 bridgehead atoms. The number of nitrogens with zero attached hydrogens (tertiary/aromatic N) is 1. The molecule has 2 aromatic rings. The molecule has 4 rings (SSSR count). The zero-order chi connectivity index (χ0) is 12.1. The largest absolute Gasteiger partial charge is 0.343 e. The number of hydrogen-bond acceptors (Lipinski definition) is 1. The van der Waals surface area contributed by atoms with Crippen LogP contribution in [0.1, 0.15) is 45.7 Å². The molecule has 90 valence electrons. The first kappa shape index (κ1) is 10.1. The van der Waals surface area contributed by atoms with Gasteiger partial charge in [0.05, 0.1) is 0 Å². The lowest BCUT2D eigenvalue weighted by molar-refractivity contribution is 0.0972. The summed E-state index contributed by atoms with van der Waals surface area (Å²) in [5.74, 6) is 0.335. The monoisotopic (exact) mass is 237 g/mol. The zero-order valence-electron chi connectivity index (χ0n) is 10.3. The van der Waals surface area contributed by atoms with Gasteiger partial charge in [-0.3, -0.25) is 4.79 Å². The molecule has 1 aromatic heterocycles. The highest BCUT2D eigenvalue weighted by atomic mass is 16.1. The highest BCUT2D eigenvalue weighted by molar-refractivity contribution is 5.98. The first-order chi connectivity index (χ1) is 8.83. The molecule has 0 unspecified atom stereocenters. The summed E-state index contributed by atoms with van der Waals surface area (Å²) in [4.78, 5) is 12.0. The van der Waals surface area contributed by atoms with Crippen LogP contribution in [0, 0.1) is 0 Å². The lowest BCUT2D eigenvalue weighted by Crippen LogP contribution is -2.18. The van der Waals surface area contributed by atoms with E-state index in [9.17, 15) is 4.79 Å². The topological polar surface area (TPSA) is 22.0 Å².